The fourth-order valence-corrected chi connectivity index (χ4v) is 2.19. The number of carbonyl (C=O) groups excluding carboxylic acids is 1. The van der Waals surface area contributed by atoms with E-state index in [0.29, 0.717) is 39.4 Å². The molecular formula is C14H21N3O3. The van der Waals surface area contributed by atoms with Crippen molar-refractivity contribution in [2.45, 2.75) is 19.5 Å². The summed E-state index contributed by atoms with van der Waals surface area (Å²) >= 11 is 0. The van der Waals surface area contributed by atoms with E-state index in [2.05, 4.69) is 5.32 Å². The molecule has 0 aromatic carbocycles. The molecule has 6 nitrogen and oxygen atoms in total. The fourth-order valence-electron chi connectivity index (χ4n) is 2.19. The Labute approximate surface area is 118 Å². The van der Waals surface area contributed by atoms with Crippen molar-refractivity contribution in [3.05, 3.63) is 34.7 Å². The lowest BCUT2D eigenvalue weighted by Gasteiger charge is -2.29. The highest BCUT2D eigenvalue weighted by atomic mass is 16.5. The first-order valence-corrected chi connectivity index (χ1v) is 6.94. The summed E-state index contributed by atoms with van der Waals surface area (Å²) in [5.74, 6) is 0.0914. The van der Waals surface area contributed by atoms with Gasteiger partial charge in [-0.05, 0) is 13.0 Å². The Bertz CT molecular complexity index is 494. The minimum absolute atomic E-state index is 0.0264. The molecule has 0 radical (unpaired) electrons. The third kappa shape index (κ3) is 3.91. The second-order valence-corrected chi connectivity index (χ2v) is 4.85. The number of aromatic nitrogens is 1. The van der Waals surface area contributed by atoms with Crippen LogP contribution in [0.3, 0.4) is 0 Å². The van der Waals surface area contributed by atoms with Gasteiger partial charge in [0.05, 0.1) is 19.3 Å². The van der Waals surface area contributed by atoms with Crippen LogP contribution in [0.2, 0.25) is 0 Å². The maximum absolute atomic E-state index is 12.1. The van der Waals surface area contributed by atoms with Crippen LogP contribution in [0.15, 0.2) is 29.2 Å². The Morgan fingerprint density at radius 2 is 2.15 bits per heavy atom. The second kappa shape index (κ2) is 7.21. The first-order chi connectivity index (χ1) is 9.68. The molecule has 0 spiro atoms. The predicted molar refractivity (Wildman–Crippen MR) is 75.6 cm³/mol. The third-order valence-corrected chi connectivity index (χ3v) is 3.40. The fraction of sp³-hybridized carbons (Fsp3) is 0.571. The maximum Gasteiger partial charge on any atom is 0.250 e. The Hall–Kier alpha value is -1.66. The van der Waals surface area contributed by atoms with Crippen LogP contribution in [0.4, 0.5) is 0 Å². The van der Waals surface area contributed by atoms with Crippen molar-refractivity contribution in [3.63, 3.8) is 0 Å². The SMILES string of the molecule is CC(NCCn1ccccc1=O)C(=O)N1CCOCC1. The van der Waals surface area contributed by atoms with Crippen molar-refractivity contribution in [2.75, 3.05) is 32.8 Å². The largest absolute Gasteiger partial charge is 0.378 e. The summed E-state index contributed by atoms with van der Waals surface area (Å²) in [6.07, 6.45) is 1.75. The highest BCUT2D eigenvalue weighted by Gasteiger charge is 2.21. The Balaban J connectivity index is 1.77. The minimum Gasteiger partial charge on any atom is -0.378 e. The van der Waals surface area contributed by atoms with Crippen LogP contribution in [0.25, 0.3) is 0 Å². The lowest BCUT2D eigenvalue weighted by atomic mass is 10.2. The summed E-state index contributed by atoms with van der Waals surface area (Å²) < 4.78 is 6.85. The van der Waals surface area contributed by atoms with E-state index in [1.54, 1.807) is 16.8 Å². The van der Waals surface area contributed by atoms with Gasteiger partial charge in [-0.3, -0.25) is 9.59 Å². The Morgan fingerprint density at radius 3 is 2.85 bits per heavy atom. The molecule has 1 unspecified atom stereocenters. The molecule has 1 aromatic heterocycles. The summed E-state index contributed by atoms with van der Waals surface area (Å²) in [7, 11) is 0. The molecule has 1 atom stereocenters. The molecule has 1 saturated heterocycles. The van der Waals surface area contributed by atoms with E-state index >= 15 is 0 Å². The van der Waals surface area contributed by atoms with Crippen LogP contribution in [-0.2, 0) is 16.1 Å². The van der Waals surface area contributed by atoms with Gasteiger partial charge >= 0.3 is 0 Å². The smallest absolute Gasteiger partial charge is 0.250 e. The van der Waals surface area contributed by atoms with Gasteiger partial charge in [-0.1, -0.05) is 6.07 Å². The average Bonchev–Trinajstić information content (AvgIpc) is 2.49. The van der Waals surface area contributed by atoms with Gasteiger partial charge in [-0.25, -0.2) is 0 Å². The maximum atomic E-state index is 12.1. The van der Waals surface area contributed by atoms with E-state index in [4.69, 9.17) is 4.74 Å². The normalized spacial score (nSPS) is 16.9. The number of carbonyl (C=O) groups is 1. The molecule has 0 aliphatic carbocycles. The van der Waals surface area contributed by atoms with E-state index < -0.39 is 0 Å². The van der Waals surface area contributed by atoms with Crippen LogP contribution < -0.4 is 10.9 Å². The summed E-state index contributed by atoms with van der Waals surface area (Å²) in [6.45, 7) is 5.52. The van der Waals surface area contributed by atoms with E-state index in [0.717, 1.165) is 0 Å². The number of nitrogens with one attached hydrogen (secondary N) is 1. The zero-order chi connectivity index (χ0) is 14.4. The van der Waals surface area contributed by atoms with Gasteiger partial charge in [0.1, 0.15) is 0 Å². The van der Waals surface area contributed by atoms with Gasteiger partial charge in [0.25, 0.3) is 5.56 Å². The number of pyridine rings is 1. The lowest BCUT2D eigenvalue weighted by molar-refractivity contribution is -0.137. The number of amides is 1. The molecule has 1 aliphatic heterocycles. The molecule has 0 bridgehead atoms. The number of rotatable bonds is 5. The first kappa shape index (κ1) is 14.7. The highest BCUT2D eigenvalue weighted by Crippen LogP contribution is 2.00. The predicted octanol–water partition coefficient (Wildman–Crippen LogP) is -0.315. The molecule has 20 heavy (non-hydrogen) atoms. The molecule has 1 aliphatic rings. The van der Waals surface area contributed by atoms with Crippen molar-refractivity contribution in [1.82, 2.24) is 14.8 Å². The molecule has 2 rings (SSSR count). The van der Waals surface area contributed by atoms with Crippen LogP contribution in [0, 0.1) is 0 Å². The molecule has 1 fully saturated rings. The summed E-state index contributed by atoms with van der Waals surface area (Å²) in [4.78, 5) is 25.5. The zero-order valence-electron chi connectivity index (χ0n) is 11.7. The van der Waals surface area contributed by atoms with Crippen LogP contribution in [0.1, 0.15) is 6.92 Å². The lowest BCUT2D eigenvalue weighted by Crippen LogP contribution is -2.49. The molecule has 1 aromatic rings. The van der Waals surface area contributed by atoms with Gasteiger partial charge in [0, 0.05) is 38.4 Å². The number of nitrogens with zero attached hydrogens (tertiary/aromatic N) is 2. The van der Waals surface area contributed by atoms with Crippen LogP contribution in [0.5, 0.6) is 0 Å². The van der Waals surface area contributed by atoms with Gasteiger partial charge in [-0.2, -0.15) is 0 Å². The topological polar surface area (TPSA) is 63.6 Å². The van der Waals surface area contributed by atoms with E-state index in [1.807, 2.05) is 17.9 Å². The van der Waals surface area contributed by atoms with Crippen molar-refractivity contribution >= 4 is 5.91 Å². The van der Waals surface area contributed by atoms with Gasteiger partial charge in [0.2, 0.25) is 5.91 Å². The van der Waals surface area contributed by atoms with Crippen molar-refractivity contribution in [3.8, 4) is 0 Å². The molecule has 2 heterocycles. The first-order valence-electron chi connectivity index (χ1n) is 6.94. The molecule has 6 heteroatoms. The Morgan fingerprint density at radius 1 is 1.40 bits per heavy atom. The quantitative estimate of drug-likeness (QED) is 0.803. The van der Waals surface area contributed by atoms with E-state index in [9.17, 15) is 9.59 Å². The van der Waals surface area contributed by atoms with Crippen molar-refractivity contribution in [2.24, 2.45) is 0 Å². The number of hydrogen-bond acceptors (Lipinski definition) is 4. The molecule has 110 valence electrons. The van der Waals surface area contributed by atoms with Gasteiger partial charge < -0.3 is 19.5 Å². The van der Waals surface area contributed by atoms with Gasteiger partial charge in [-0.15, -0.1) is 0 Å². The molecular weight excluding hydrogens is 258 g/mol. The van der Waals surface area contributed by atoms with Crippen molar-refractivity contribution in [1.29, 1.82) is 0 Å². The summed E-state index contributed by atoms with van der Waals surface area (Å²) in [5.41, 5.74) is -0.0264. The second-order valence-electron chi connectivity index (χ2n) is 4.85. The average molecular weight is 279 g/mol. The Kier molecular flexibility index (Phi) is 5.31. The molecule has 1 N–H and O–H groups in total. The van der Waals surface area contributed by atoms with Gasteiger partial charge in [0.15, 0.2) is 0 Å². The number of hydrogen-bond donors (Lipinski definition) is 1. The molecule has 1 amide bonds. The third-order valence-electron chi connectivity index (χ3n) is 3.40. The van der Waals surface area contributed by atoms with E-state index in [-0.39, 0.29) is 17.5 Å². The highest BCUT2D eigenvalue weighted by molar-refractivity contribution is 5.81. The number of morpholine rings is 1. The summed E-state index contributed by atoms with van der Waals surface area (Å²) in [6, 6.07) is 4.83. The summed E-state index contributed by atoms with van der Waals surface area (Å²) in [5, 5.41) is 3.16. The van der Waals surface area contributed by atoms with Crippen molar-refractivity contribution < 1.29 is 9.53 Å². The standard InChI is InChI=1S/C14H21N3O3/c1-12(14(19)17-8-10-20-11-9-17)15-5-7-16-6-3-2-4-13(16)18/h2-4,6,12,15H,5,7-11H2,1H3. The minimum atomic E-state index is -0.243. The monoisotopic (exact) mass is 279 g/mol. The van der Waals surface area contributed by atoms with Crippen LogP contribution in [-0.4, -0.2) is 54.3 Å². The zero-order valence-corrected chi connectivity index (χ0v) is 11.7. The van der Waals surface area contributed by atoms with E-state index in [1.165, 1.54) is 6.07 Å². The number of ether oxygens (including phenoxy) is 1. The van der Waals surface area contributed by atoms with Crippen LogP contribution >= 0.6 is 0 Å². The molecule has 0 saturated carbocycles.